The number of hydrogen-bond donors (Lipinski definition) is 1. The molecule has 1 aromatic carbocycles. The molecule has 14 heavy (non-hydrogen) atoms. The van der Waals surface area contributed by atoms with Crippen LogP contribution in [-0.4, -0.2) is 12.1 Å². The number of benzene rings is 1. The Morgan fingerprint density at radius 2 is 2.21 bits per heavy atom. The lowest BCUT2D eigenvalue weighted by Crippen LogP contribution is -2.28. The van der Waals surface area contributed by atoms with Crippen molar-refractivity contribution in [3.05, 3.63) is 28.8 Å². The van der Waals surface area contributed by atoms with Crippen LogP contribution in [-0.2, 0) is 0 Å². The van der Waals surface area contributed by atoms with E-state index in [2.05, 4.69) is 0 Å². The lowest BCUT2D eigenvalue weighted by atomic mass is 10.2. The third-order valence-electron chi connectivity index (χ3n) is 2.59. The zero-order valence-corrected chi connectivity index (χ0v) is 8.97. The molecule has 76 valence electrons. The molecule has 1 aromatic rings. The summed E-state index contributed by atoms with van der Waals surface area (Å²) in [5.41, 5.74) is 6.64. The molecule has 3 heteroatoms. The van der Waals surface area contributed by atoms with Crippen LogP contribution in [0.3, 0.4) is 0 Å². The second-order valence-electron chi connectivity index (χ2n) is 3.92. The topological polar surface area (TPSA) is 35.2 Å². The number of ether oxygens (including phenoxy) is 1. The van der Waals surface area contributed by atoms with Crippen LogP contribution in [0, 0.1) is 6.92 Å². The molecule has 0 atom stereocenters. The van der Waals surface area contributed by atoms with Gasteiger partial charge in [-0.1, -0.05) is 17.7 Å². The highest BCUT2D eigenvalue weighted by Gasteiger charge is 2.44. The SMILES string of the molecule is Cc1ccc(OC2(CN)CC2)c(Cl)c1. The molecule has 0 heterocycles. The average Bonchev–Trinajstić information content (AvgIpc) is 2.91. The molecule has 0 amide bonds. The number of nitrogens with two attached hydrogens (primary N) is 1. The molecule has 2 nitrogen and oxygen atoms in total. The number of aryl methyl sites for hydroxylation is 1. The summed E-state index contributed by atoms with van der Waals surface area (Å²) in [6.07, 6.45) is 2.07. The first-order chi connectivity index (χ1) is 6.65. The smallest absolute Gasteiger partial charge is 0.138 e. The van der Waals surface area contributed by atoms with Gasteiger partial charge < -0.3 is 10.5 Å². The van der Waals surface area contributed by atoms with Crippen molar-refractivity contribution in [1.29, 1.82) is 0 Å². The van der Waals surface area contributed by atoms with Gasteiger partial charge in [-0.05, 0) is 37.5 Å². The minimum atomic E-state index is -0.126. The molecule has 1 aliphatic carbocycles. The molecule has 0 aromatic heterocycles. The van der Waals surface area contributed by atoms with Gasteiger partial charge in [0, 0.05) is 6.54 Å². The van der Waals surface area contributed by atoms with Crippen LogP contribution in [0.2, 0.25) is 5.02 Å². The molecule has 1 fully saturated rings. The highest BCUT2D eigenvalue weighted by molar-refractivity contribution is 6.32. The van der Waals surface area contributed by atoms with E-state index in [1.54, 1.807) is 0 Å². The molecule has 0 bridgehead atoms. The standard InChI is InChI=1S/C11H14ClNO/c1-8-2-3-10(9(12)6-8)14-11(7-13)4-5-11/h2-3,6H,4-5,7,13H2,1H3. The summed E-state index contributed by atoms with van der Waals surface area (Å²) in [5, 5.41) is 0.671. The number of rotatable bonds is 3. The third-order valence-corrected chi connectivity index (χ3v) is 2.89. The molecular formula is C11H14ClNO. The quantitative estimate of drug-likeness (QED) is 0.834. The van der Waals surface area contributed by atoms with Crippen molar-refractivity contribution in [2.24, 2.45) is 5.73 Å². The Kier molecular flexibility index (Phi) is 2.41. The van der Waals surface area contributed by atoms with E-state index in [4.69, 9.17) is 22.1 Å². The van der Waals surface area contributed by atoms with Gasteiger partial charge in [-0.3, -0.25) is 0 Å². The van der Waals surface area contributed by atoms with Crippen molar-refractivity contribution in [2.45, 2.75) is 25.4 Å². The highest BCUT2D eigenvalue weighted by Crippen LogP contribution is 2.41. The minimum absolute atomic E-state index is 0.126. The Hall–Kier alpha value is -0.730. The molecule has 0 spiro atoms. The van der Waals surface area contributed by atoms with Gasteiger partial charge >= 0.3 is 0 Å². The van der Waals surface area contributed by atoms with E-state index in [1.807, 2.05) is 25.1 Å². The van der Waals surface area contributed by atoms with Crippen LogP contribution in [0.1, 0.15) is 18.4 Å². The fourth-order valence-electron chi connectivity index (χ4n) is 1.41. The van der Waals surface area contributed by atoms with Crippen LogP contribution in [0.4, 0.5) is 0 Å². The first-order valence-electron chi connectivity index (χ1n) is 4.80. The predicted molar refractivity (Wildman–Crippen MR) is 57.8 cm³/mol. The Morgan fingerprint density at radius 1 is 1.50 bits per heavy atom. The van der Waals surface area contributed by atoms with Crippen LogP contribution in [0.25, 0.3) is 0 Å². The molecule has 0 radical (unpaired) electrons. The summed E-state index contributed by atoms with van der Waals surface area (Å²) in [7, 11) is 0. The van der Waals surface area contributed by atoms with Gasteiger partial charge in [-0.25, -0.2) is 0 Å². The summed E-state index contributed by atoms with van der Waals surface area (Å²) in [6, 6.07) is 5.81. The monoisotopic (exact) mass is 211 g/mol. The molecule has 0 aliphatic heterocycles. The summed E-state index contributed by atoms with van der Waals surface area (Å²) in [4.78, 5) is 0. The van der Waals surface area contributed by atoms with E-state index >= 15 is 0 Å². The van der Waals surface area contributed by atoms with Crippen molar-refractivity contribution in [2.75, 3.05) is 6.54 Å². The van der Waals surface area contributed by atoms with E-state index in [1.165, 1.54) is 0 Å². The zero-order valence-electron chi connectivity index (χ0n) is 8.22. The highest BCUT2D eigenvalue weighted by atomic mass is 35.5. The molecule has 1 saturated carbocycles. The lowest BCUT2D eigenvalue weighted by molar-refractivity contribution is 0.188. The van der Waals surface area contributed by atoms with Crippen LogP contribution >= 0.6 is 11.6 Å². The van der Waals surface area contributed by atoms with Gasteiger partial charge in [0.15, 0.2) is 0 Å². The van der Waals surface area contributed by atoms with Crippen molar-refractivity contribution < 1.29 is 4.74 Å². The number of halogens is 1. The Bertz CT molecular complexity index is 347. The maximum Gasteiger partial charge on any atom is 0.138 e. The maximum atomic E-state index is 6.05. The first kappa shape index (κ1) is 9.81. The molecule has 2 N–H and O–H groups in total. The predicted octanol–water partition coefficient (Wildman–Crippen LogP) is 2.52. The van der Waals surface area contributed by atoms with Crippen molar-refractivity contribution in [3.63, 3.8) is 0 Å². The van der Waals surface area contributed by atoms with Crippen molar-refractivity contribution >= 4 is 11.6 Å². The second kappa shape index (κ2) is 3.44. The summed E-state index contributed by atoms with van der Waals surface area (Å²) < 4.78 is 5.79. The molecule has 1 aliphatic rings. The zero-order chi connectivity index (χ0) is 10.2. The normalized spacial score (nSPS) is 17.9. The summed E-state index contributed by atoms with van der Waals surface area (Å²) >= 11 is 6.05. The third kappa shape index (κ3) is 1.86. The molecule has 0 saturated heterocycles. The van der Waals surface area contributed by atoms with Gasteiger partial charge in [-0.15, -0.1) is 0 Å². The van der Waals surface area contributed by atoms with Crippen LogP contribution in [0.5, 0.6) is 5.75 Å². The average molecular weight is 212 g/mol. The largest absolute Gasteiger partial charge is 0.484 e. The van der Waals surface area contributed by atoms with E-state index in [0.29, 0.717) is 11.6 Å². The Labute approximate surface area is 89.0 Å². The van der Waals surface area contributed by atoms with Gasteiger partial charge in [0.25, 0.3) is 0 Å². The Balaban J connectivity index is 2.17. The molecule has 2 rings (SSSR count). The number of hydrogen-bond acceptors (Lipinski definition) is 2. The van der Waals surface area contributed by atoms with Crippen LogP contribution < -0.4 is 10.5 Å². The van der Waals surface area contributed by atoms with E-state index in [-0.39, 0.29) is 5.60 Å². The maximum absolute atomic E-state index is 6.05. The van der Waals surface area contributed by atoms with Gasteiger partial charge in [0.2, 0.25) is 0 Å². The van der Waals surface area contributed by atoms with Gasteiger partial charge in [-0.2, -0.15) is 0 Å². The molecule has 0 unspecified atom stereocenters. The first-order valence-corrected chi connectivity index (χ1v) is 5.18. The van der Waals surface area contributed by atoms with E-state index < -0.39 is 0 Å². The Morgan fingerprint density at radius 3 is 2.71 bits per heavy atom. The van der Waals surface area contributed by atoms with Crippen LogP contribution in [0.15, 0.2) is 18.2 Å². The minimum Gasteiger partial charge on any atom is -0.484 e. The fourth-order valence-corrected chi connectivity index (χ4v) is 1.68. The van der Waals surface area contributed by atoms with Gasteiger partial charge in [0.1, 0.15) is 11.4 Å². The fraction of sp³-hybridized carbons (Fsp3) is 0.455. The lowest BCUT2D eigenvalue weighted by Gasteiger charge is -2.16. The summed E-state index contributed by atoms with van der Waals surface area (Å²) in [5.74, 6) is 0.750. The van der Waals surface area contributed by atoms with E-state index in [9.17, 15) is 0 Å². The van der Waals surface area contributed by atoms with Gasteiger partial charge in [0.05, 0.1) is 5.02 Å². The summed E-state index contributed by atoms with van der Waals surface area (Å²) in [6.45, 7) is 2.57. The van der Waals surface area contributed by atoms with Crippen molar-refractivity contribution in [3.8, 4) is 5.75 Å². The van der Waals surface area contributed by atoms with E-state index in [0.717, 1.165) is 24.2 Å². The van der Waals surface area contributed by atoms with Crippen molar-refractivity contribution in [1.82, 2.24) is 0 Å². The molecular weight excluding hydrogens is 198 g/mol. The second-order valence-corrected chi connectivity index (χ2v) is 4.33.